The Hall–Kier alpha value is -2.24. The SMILES string of the molecule is COc1ccc(C)cc1CC(=O)N1CCN(C(=O)NC2CCCCC2)CC1. The van der Waals surface area contributed by atoms with Gasteiger partial charge in [-0.15, -0.1) is 0 Å². The molecule has 0 unspecified atom stereocenters. The molecular formula is C21H31N3O3. The van der Waals surface area contributed by atoms with Gasteiger partial charge in [0.05, 0.1) is 13.5 Å². The molecule has 0 bridgehead atoms. The van der Waals surface area contributed by atoms with Crippen molar-refractivity contribution in [1.82, 2.24) is 15.1 Å². The Morgan fingerprint density at radius 2 is 1.74 bits per heavy atom. The van der Waals surface area contributed by atoms with Crippen molar-refractivity contribution in [2.45, 2.75) is 51.5 Å². The van der Waals surface area contributed by atoms with Crippen LogP contribution in [0.1, 0.15) is 43.2 Å². The fourth-order valence-corrected chi connectivity index (χ4v) is 3.99. The summed E-state index contributed by atoms with van der Waals surface area (Å²) in [6, 6.07) is 6.24. The number of nitrogens with one attached hydrogen (secondary N) is 1. The Balaban J connectivity index is 1.49. The molecule has 1 aromatic carbocycles. The maximum atomic E-state index is 12.7. The maximum absolute atomic E-state index is 12.7. The normalized spacial score (nSPS) is 18.3. The summed E-state index contributed by atoms with van der Waals surface area (Å²) < 4.78 is 5.38. The Kier molecular flexibility index (Phi) is 6.58. The zero-order chi connectivity index (χ0) is 19.2. The largest absolute Gasteiger partial charge is 0.496 e. The van der Waals surface area contributed by atoms with E-state index < -0.39 is 0 Å². The number of hydrogen-bond donors (Lipinski definition) is 1. The van der Waals surface area contributed by atoms with Crippen LogP contribution in [0.25, 0.3) is 0 Å². The molecule has 27 heavy (non-hydrogen) atoms. The van der Waals surface area contributed by atoms with E-state index in [0.717, 1.165) is 29.7 Å². The molecule has 3 amide bonds. The number of carbonyl (C=O) groups excluding carboxylic acids is 2. The summed E-state index contributed by atoms with van der Waals surface area (Å²) in [6.07, 6.45) is 6.19. The smallest absolute Gasteiger partial charge is 0.317 e. The fraction of sp³-hybridized carbons (Fsp3) is 0.619. The first-order valence-corrected chi connectivity index (χ1v) is 10.0. The molecule has 1 aliphatic carbocycles. The minimum absolute atomic E-state index is 0.0225. The number of hydrogen-bond acceptors (Lipinski definition) is 3. The van der Waals surface area contributed by atoms with Gasteiger partial charge in [0.2, 0.25) is 5.91 Å². The van der Waals surface area contributed by atoms with E-state index in [1.165, 1.54) is 19.3 Å². The first-order valence-electron chi connectivity index (χ1n) is 10.0. The number of nitrogens with zero attached hydrogens (tertiary/aromatic N) is 2. The molecule has 1 aliphatic heterocycles. The van der Waals surface area contributed by atoms with Crippen molar-refractivity contribution in [2.24, 2.45) is 0 Å². The summed E-state index contributed by atoms with van der Waals surface area (Å²) in [4.78, 5) is 28.8. The molecule has 1 saturated heterocycles. The number of amides is 3. The highest BCUT2D eigenvalue weighted by molar-refractivity contribution is 5.80. The summed E-state index contributed by atoms with van der Waals surface area (Å²) in [6.45, 7) is 4.37. The number of methoxy groups -OCH3 is 1. The van der Waals surface area contributed by atoms with Gasteiger partial charge in [-0.1, -0.05) is 37.0 Å². The number of rotatable bonds is 4. The van der Waals surface area contributed by atoms with E-state index in [4.69, 9.17) is 4.74 Å². The lowest BCUT2D eigenvalue weighted by Crippen LogP contribution is -2.55. The van der Waals surface area contributed by atoms with Crippen molar-refractivity contribution >= 4 is 11.9 Å². The van der Waals surface area contributed by atoms with Crippen molar-refractivity contribution < 1.29 is 14.3 Å². The minimum atomic E-state index is 0.0225. The van der Waals surface area contributed by atoms with E-state index in [0.29, 0.717) is 38.6 Å². The third-order valence-electron chi connectivity index (χ3n) is 5.63. The number of piperazine rings is 1. The van der Waals surface area contributed by atoms with Gasteiger partial charge in [0.1, 0.15) is 5.75 Å². The number of aryl methyl sites for hydroxylation is 1. The van der Waals surface area contributed by atoms with Crippen LogP contribution in [-0.4, -0.2) is 61.1 Å². The van der Waals surface area contributed by atoms with Crippen LogP contribution in [0.3, 0.4) is 0 Å². The van der Waals surface area contributed by atoms with E-state index in [2.05, 4.69) is 5.32 Å². The van der Waals surface area contributed by atoms with E-state index in [1.54, 1.807) is 7.11 Å². The van der Waals surface area contributed by atoms with Gasteiger partial charge in [-0.3, -0.25) is 4.79 Å². The monoisotopic (exact) mass is 373 g/mol. The van der Waals surface area contributed by atoms with Crippen LogP contribution in [-0.2, 0) is 11.2 Å². The third kappa shape index (κ3) is 5.15. The second kappa shape index (κ2) is 9.11. The van der Waals surface area contributed by atoms with Crippen molar-refractivity contribution in [2.75, 3.05) is 33.3 Å². The highest BCUT2D eigenvalue weighted by Gasteiger charge is 2.26. The number of urea groups is 1. The van der Waals surface area contributed by atoms with E-state index >= 15 is 0 Å². The predicted octanol–water partition coefficient (Wildman–Crippen LogP) is 2.73. The lowest BCUT2D eigenvalue weighted by molar-refractivity contribution is -0.131. The molecule has 1 N–H and O–H groups in total. The van der Waals surface area contributed by atoms with Crippen LogP contribution < -0.4 is 10.1 Å². The van der Waals surface area contributed by atoms with Gasteiger partial charge < -0.3 is 19.9 Å². The average Bonchev–Trinajstić information content (AvgIpc) is 2.69. The zero-order valence-corrected chi connectivity index (χ0v) is 16.5. The van der Waals surface area contributed by atoms with Crippen molar-refractivity contribution in [3.8, 4) is 5.75 Å². The molecule has 0 aromatic heterocycles. The van der Waals surface area contributed by atoms with Crippen LogP contribution in [0, 0.1) is 6.92 Å². The molecule has 3 rings (SSSR count). The van der Waals surface area contributed by atoms with Crippen LogP contribution in [0.15, 0.2) is 18.2 Å². The van der Waals surface area contributed by atoms with E-state index in [9.17, 15) is 9.59 Å². The molecule has 2 fully saturated rings. The number of benzene rings is 1. The van der Waals surface area contributed by atoms with Gasteiger partial charge >= 0.3 is 6.03 Å². The summed E-state index contributed by atoms with van der Waals surface area (Å²) in [5, 5.41) is 3.16. The van der Waals surface area contributed by atoms with Gasteiger partial charge in [-0.05, 0) is 25.8 Å². The molecule has 6 nitrogen and oxygen atoms in total. The van der Waals surface area contributed by atoms with E-state index in [1.807, 2.05) is 34.9 Å². The highest BCUT2D eigenvalue weighted by atomic mass is 16.5. The standard InChI is InChI=1S/C21H31N3O3/c1-16-8-9-19(27-2)17(14-16)15-20(25)23-10-12-24(13-11-23)21(26)22-18-6-4-3-5-7-18/h8-9,14,18H,3-7,10-13,15H2,1-2H3,(H,22,26). The molecule has 6 heteroatoms. The molecule has 0 radical (unpaired) electrons. The van der Waals surface area contributed by atoms with Crippen LogP contribution in [0.5, 0.6) is 5.75 Å². The Morgan fingerprint density at radius 3 is 2.41 bits per heavy atom. The zero-order valence-electron chi connectivity index (χ0n) is 16.5. The molecule has 1 aromatic rings. The third-order valence-corrected chi connectivity index (χ3v) is 5.63. The van der Waals surface area contributed by atoms with Crippen LogP contribution >= 0.6 is 0 Å². The van der Waals surface area contributed by atoms with Gasteiger partial charge in [0, 0.05) is 37.8 Å². The van der Waals surface area contributed by atoms with Gasteiger partial charge in [0.15, 0.2) is 0 Å². The molecule has 2 aliphatic rings. The molecule has 148 valence electrons. The summed E-state index contributed by atoms with van der Waals surface area (Å²) >= 11 is 0. The van der Waals surface area contributed by atoms with Gasteiger partial charge in [-0.25, -0.2) is 4.79 Å². The molecule has 1 heterocycles. The maximum Gasteiger partial charge on any atom is 0.317 e. The van der Waals surface area contributed by atoms with Crippen molar-refractivity contribution in [3.05, 3.63) is 29.3 Å². The Bertz CT molecular complexity index is 663. The first kappa shape index (κ1) is 19.5. The second-order valence-corrected chi connectivity index (χ2v) is 7.64. The fourth-order valence-electron chi connectivity index (χ4n) is 3.99. The summed E-state index contributed by atoms with van der Waals surface area (Å²) in [7, 11) is 1.63. The summed E-state index contributed by atoms with van der Waals surface area (Å²) in [5.74, 6) is 0.839. The average molecular weight is 373 g/mol. The van der Waals surface area contributed by atoms with Crippen molar-refractivity contribution in [1.29, 1.82) is 0 Å². The predicted molar refractivity (Wildman–Crippen MR) is 105 cm³/mol. The molecular weight excluding hydrogens is 342 g/mol. The minimum Gasteiger partial charge on any atom is -0.496 e. The number of ether oxygens (including phenoxy) is 1. The first-order chi connectivity index (χ1) is 13.1. The van der Waals surface area contributed by atoms with Gasteiger partial charge in [0.25, 0.3) is 0 Å². The Morgan fingerprint density at radius 1 is 1.07 bits per heavy atom. The molecule has 0 spiro atoms. The van der Waals surface area contributed by atoms with E-state index in [-0.39, 0.29) is 11.9 Å². The number of carbonyl (C=O) groups is 2. The lowest BCUT2D eigenvalue weighted by atomic mass is 9.96. The van der Waals surface area contributed by atoms with Crippen LogP contribution in [0.2, 0.25) is 0 Å². The lowest BCUT2D eigenvalue weighted by Gasteiger charge is -2.36. The highest BCUT2D eigenvalue weighted by Crippen LogP contribution is 2.21. The topological polar surface area (TPSA) is 61.9 Å². The van der Waals surface area contributed by atoms with Crippen LogP contribution in [0.4, 0.5) is 4.79 Å². The Labute approximate surface area is 161 Å². The molecule has 0 atom stereocenters. The second-order valence-electron chi connectivity index (χ2n) is 7.64. The summed E-state index contributed by atoms with van der Waals surface area (Å²) in [5.41, 5.74) is 2.03. The van der Waals surface area contributed by atoms with Crippen molar-refractivity contribution in [3.63, 3.8) is 0 Å². The van der Waals surface area contributed by atoms with Gasteiger partial charge in [-0.2, -0.15) is 0 Å². The molecule has 1 saturated carbocycles. The quantitative estimate of drug-likeness (QED) is 0.883.